The topological polar surface area (TPSA) is 64.6 Å². The molecule has 0 aliphatic rings. The van der Waals surface area contributed by atoms with Crippen LogP contribution in [0.5, 0.6) is 5.75 Å². The number of ether oxygens (including phenoxy) is 2. The van der Waals surface area contributed by atoms with Gasteiger partial charge in [0, 0.05) is 10.6 Å². The summed E-state index contributed by atoms with van der Waals surface area (Å²) in [5.41, 5.74) is 0.491. The maximum Gasteiger partial charge on any atom is 0.325 e. The van der Waals surface area contributed by atoms with Gasteiger partial charge in [-0.2, -0.15) is 0 Å². The Balaban J connectivity index is 1.41. The maximum absolute atomic E-state index is 12.2. The Hall–Kier alpha value is -3.05. The molecule has 6 heteroatoms. The second kappa shape index (κ2) is 9.05. The van der Waals surface area contributed by atoms with E-state index in [-0.39, 0.29) is 25.7 Å². The van der Waals surface area contributed by atoms with Gasteiger partial charge in [0.05, 0.1) is 0 Å². The predicted molar refractivity (Wildman–Crippen MR) is 104 cm³/mol. The van der Waals surface area contributed by atoms with Crippen molar-refractivity contribution in [3.8, 4) is 5.75 Å². The highest BCUT2D eigenvalue weighted by Crippen LogP contribution is 2.17. The zero-order valence-corrected chi connectivity index (χ0v) is 15.2. The highest BCUT2D eigenvalue weighted by molar-refractivity contribution is 6.30. The van der Waals surface area contributed by atoms with Crippen molar-refractivity contribution < 1.29 is 19.1 Å². The van der Waals surface area contributed by atoms with Crippen LogP contribution in [0.25, 0.3) is 10.8 Å². The van der Waals surface area contributed by atoms with Crippen LogP contribution in [0.1, 0.15) is 10.4 Å². The van der Waals surface area contributed by atoms with E-state index in [1.54, 1.807) is 36.4 Å². The summed E-state index contributed by atoms with van der Waals surface area (Å²) in [5, 5.41) is 5.14. The van der Waals surface area contributed by atoms with Crippen molar-refractivity contribution in [1.29, 1.82) is 0 Å². The first-order chi connectivity index (χ1) is 13.1. The Morgan fingerprint density at radius 2 is 1.70 bits per heavy atom. The molecular formula is C21H18ClNO4. The highest BCUT2D eigenvalue weighted by Gasteiger charge is 2.09. The van der Waals surface area contributed by atoms with Crippen molar-refractivity contribution in [2.75, 3.05) is 19.8 Å². The number of carbonyl (C=O) groups excluding carboxylic acids is 2. The van der Waals surface area contributed by atoms with Crippen molar-refractivity contribution in [3.05, 3.63) is 77.3 Å². The molecule has 0 heterocycles. The van der Waals surface area contributed by atoms with Gasteiger partial charge in [0.15, 0.2) is 0 Å². The Morgan fingerprint density at radius 1 is 0.889 bits per heavy atom. The lowest BCUT2D eigenvalue weighted by Crippen LogP contribution is -2.31. The molecule has 0 aliphatic carbocycles. The SMILES string of the molecule is O=C(CNC(=O)c1ccc2ccccc2c1)OCCOc1cccc(Cl)c1. The zero-order chi connectivity index (χ0) is 19.1. The number of hydrogen-bond donors (Lipinski definition) is 1. The molecule has 3 rings (SSSR count). The van der Waals surface area contributed by atoms with Crippen LogP contribution in [0.15, 0.2) is 66.7 Å². The quantitative estimate of drug-likeness (QED) is 0.497. The van der Waals surface area contributed by atoms with Gasteiger partial charge in [0.2, 0.25) is 0 Å². The molecule has 3 aromatic carbocycles. The van der Waals surface area contributed by atoms with Gasteiger partial charge in [-0.05, 0) is 41.1 Å². The van der Waals surface area contributed by atoms with Gasteiger partial charge in [0.1, 0.15) is 25.5 Å². The predicted octanol–water partition coefficient (Wildman–Crippen LogP) is 3.85. The van der Waals surface area contributed by atoms with Crippen LogP contribution in [-0.2, 0) is 9.53 Å². The van der Waals surface area contributed by atoms with E-state index < -0.39 is 5.97 Å². The molecule has 0 radical (unpaired) electrons. The van der Waals surface area contributed by atoms with Gasteiger partial charge < -0.3 is 14.8 Å². The minimum atomic E-state index is -0.529. The van der Waals surface area contributed by atoms with Crippen molar-refractivity contribution in [3.63, 3.8) is 0 Å². The number of hydrogen-bond acceptors (Lipinski definition) is 4. The largest absolute Gasteiger partial charge is 0.490 e. The molecule has 3 aromatic rings. The van der Waals surface area contributed by atoms with Crippen LogP contribution in [0.3, 0.4) is 0 Å². The van der Waals surface area contributed by atoms with Gasteiger partial charge in [-0.1, -0.05) is 48.0 Å². The molecule has 138 valence electrons. The Bertz CT molecular complexity index is 958. The van der Waals surface area contributed by atoms with E-state index in [0.717, 1.165) is 10.8 Å². The fraction of sp³-hybridized carbons (Fsp3) is 0.143. The molecule has 1 amide bonds. The van der Waals surface area contributed by atoms with Crippen LogP contribution in [0.4, 0.5) is 0 Å². The van der Waals surface area contributed by atoms with Crippen molar-refractivity contribution >= 4 is 34.2 Å². The number of fused-ring (bicyclic) bond motifs is 1. The number of nitrogens with one attached hydrogen (secondary N) is 1. The monoisotopic (exact) mass is 383 g/mol. The standard InChI is InChI=1S/C21H18ClNO4/c22-18-6-3-7-19(13-18)26-10-11-27-20(24)14-23-21(25)17-9-8-15-4-1-2-5-16(15)12-17/h1-9,12-13H,10-11,14H2,(H,23,25). The maximum atomic E-state index is 12.2. The van der Waals surface area contributed by atoms with Gasteiger partial charge in [-0.3, -0.25) is 9.59 Å². The number of halogens is 1. The molecule has 0 fully saturated rings. The molecule has 0 unspecified atom stereocenters. The third kappa shape index (κ3) is 5.46. The van der Waals surface area contributed by atoms with E-state index >= 15 is 0 Å². The summed E-state index contributed by atoms with van der Waals surface area (Å²) in [6.07, 6.45) is 0. The summed E-state index contributed by atoms with van der Waals surface area (Å²) >= 11 is 5.86. The summed E-state index contributed by atoms with van der Waals surface area (Å²) < 4.78 is 10.5. The molecule has 5 nitrogen and oxygen atoms in total. The first kappa shape index (κ1) is 18.7. The van der Waals surface area contributed by atoms with Crippen molar-refractivity contribution in [2.45, 2.75) is 0 Å². The number of rotatable bonds is 7. The van der Waals surface area contributed by atoms with Crippen LogP contribution in [0, 0.1) is 0 Å². The third-order valence-corrected chi connectivity index (χ3v) is 4.05. The Labute approximate surface area is 161 Å². The van der Waals surface area contributed by atoms with E-state index in [2.05, 4.69) is 5.32 Å². The van der Waals surface area contributed by atoms with Crippen molar-refractivity contribution in [2.24, 2.45) is 0 Å². The molecule has 0 atom stereocenters. The average Bonchev–Trinajstić information content (AvgIpc) is 2.69. The summed E-state index contributed by atoms with van der Waals surface area (Å²) in [5.74, 6) is -0.255. The zero-order valence-electron chi connectivity index (χ0n) is 14.5. The van der Waals surface area contributed by atoms with E-state index in [1.165, 1.54) is 0 Å². The van der Waals surface area contributed by atoms with E-state index in [0.29, 0.717) is 16.3 Å². The minimum Gasteiger partial charge on any atom is -0.490 e. The molecule has 1 N–H and O–H groups in total. The van der Waals surface area contributed by atoms with Gasteiger partial charge in [-0.15, -0.1) is 0 Å². The summed E-state index contributed by atoms with van der Waals surface area (Å²) in [6, 6.07) is 20.1. The Kier molecular flexibility index (Phi) is 6.28. The van der Waals surface area contributed by atoms with E-state index in [1.807, 2.05) is 30.3 Å². The summed E-state index contributed by atoms with van der Waals surface area (Å²) in [7, 11) is 0. The normalized spacial score (nSPS) is 10.4. The van der Waals surface area contributed by atoms with Crippen LogP contribution in [0.2, 0.25) is 5.02 Å². The molecule has 0 saturated carbocycles. The lowest BCUT2D eigenvalue weighted by molar-refractivity contribution is -0.143. The van der Waals surface area contributed by atoms with Gasteiger partial charge in [-0.25, -0.2) is 0 Å². The highest BCUT2D eigenvalue weighted by atomic mass is 35.5. The minimum absolute atomic E-state index is 0.0805. The average molecular weight is 384 g/mol. The third-order valence-electron chi connectivity index (χ3n) is 3.82. The molecule has 0 aromatic heterocycles. The second-order valence-corrected chi connectivity index (χ2v) is 6.21. The van der Waals surface area contributed by atoms with E-state index in [4.69, 9.17) is 21.1 Å². The van der Waals surface area contributed by atoms with Crippen LogP contribution < -0.4 is 10.1 Å². The molecule has 0 aliphatic heterocycles. The first-order valence-electron chi connectivity index (χ1n) is 8.43. The second-order valence-electron chi connectivity index (χ2n) is 5.77. The number of benzene rings is 3. The van der Waals surface area contributed by atoms with E-state index in [9.17, 15) is 9.59 Å². The number of amides is 1. The molecular weight excluding hydrogens is 366 g/mol. The summed E-state index contributed by atoms with van der Waals surface area (Å²) in [4.78, 5) is 23.9. The first-order valence-corrected chi connectivity index (χ1v) is 8.80. The van der Waals surface area contributed by atoms with Gasteiger partial charge >= 0.3 is 5.97 Å². The van der Waals surface area contributed by atoms with Crippen LogP contribution >= 0.6 is 11.6 Å². The lowest BCUT2D eigenvalue weighted by Gasteiger charge is -2.09. The summed E-state index contributed by atoms with van der Waals surface area (Å²) in [6.45, 7) is 0.0741. The lowest BCUT2D eigenvalue weighted by atomic mass is 10.1. The Morgan fingerprint density at radius 3 is 2.52 bits per heavy atom. The number of esters is 1. The fourth-order valence-corrected chi connectivity index (χ4v) is 2.69. The van der Waals surface area contributed by atoms with Gasteiger partial charge in [0.25, 0.3) is 5.91 Å². The molecule has 0 bridgehead atoms. The molecule has 0 spiro atoms. The fourth-order valence-electron chi connectivity index (χ4n) is 2.51. The molecule has 0 saturated heterocycles. The van der Waals surface area contributed by atoms with Crippen molar-refractivity contribution in [1.82, 2.24) is 5.32 Å². The molecule has 27 heavy (non-hydrogen) atoms. The smallest absolute Gasteiger partial charge is 0.325 e. The van der Waals surface area contributed by atoms with Crippen LogP contribution in [-0.4, -0.2) is 31.6 Å². The number of carbonyl (C=O) groups is 2.